The van der Waals surface area contributed by atoms with Crippen molar-refractivity contribution in [2.45, 2.75) is 6.42 Å². The number of hydrogen-bond acceptors (Lipinski definition) is 5. The van der Waals surface area contributed by atoms with Crippen molar-refractivity contribution in [3.05, 3.63) is 54.6 Å². The summed E-state index contributed by atoms with van der Waals surface area (Å²) in [5, 5.41) is 5.94. The Morgan fingerprint density at radius 3 is 2.46 bits per heavy atom. The molecule has 0 aliphatic heterocycles. The number of ether oxygens (including phenoxy) is 3. The van der Waals surface area contributed by atoms with Gasteiger partial charge in [0.05, 0.1) is 12.2 Å². The highest BCUT2D eigenvalue weighted by Crippen LogP contribution is 2.23. The maximum atomic E-state index is 11.8. The van der Waals surface area contributed by atoms with E-state index >= 15 is 0 Å². The monoisotopic (exact) mass is 358 g/mol. The van der Waals surface area contributed by atoms with Gasteiger partial charge < -0.3 is 24.8 Å². The molecule has 0 unspecified atom stereocenters. The lowest BCUT2D eigenvalue weighted by Crippen LogP contribution is -2.31. The zero-order chi connectivity index (χ0) is 18.5. The van der Waals surface area contributed by atoms with E-state index in [1.54, 1.807) is 7.11 Å². The molecule has 0 aliphatic rings. The summed E-state index contributed by atoms with van der Waals surface area (Å²) in [6, 6.07) is 17.1. The molecule has 0 saturated carbocycles. The lowest BCUT2D eigenvalue weighted by Gasteiger charge is -2.13. The number of rotatable bonds is 12. The lowest BCUT2D eigenvalue weighted by molar-refractivity contribution is -0.119. The molecule has 26 heavy (non-hydrogen) atoms. The molecule has 6 nitrogen and oxygen atoms in total. The molecule has 140 valence electrons. The summed E-state index contributed by atoms with van der Waals surface area (Å²) in [6.07, 6.45) is 0.795. The Hall–Kier alpha value is -2.73. The number of para-hydroxylation sites is 3. The van der Waals surface area contributed by atoms with Crippen molar-refractivity contribution < 1.29 is 19.0 Å². The number of carbonyl (C=O) groups is 1. The van der Waals surface area contributed by atoms with Crippen LogP contribution in [0.1, 0.15) is 6.42 Å². The first-order chi connectivity index (χ1) is 12.8. The van der Waals surface area contributed by atoms with Crippen LogP contribution in [0.25, 0.3) is 0 Å². The average molecular weight is 358 g/mol. The molecule has 0 saturated heterocycles. The zero-order valence-electron chi connectivity index (χ0n) is 15.1. The standard InChI is InChI=1S/C20H26N2O4/c1-24-13-7-12-21-20(23)16-22-18-10-5-6-11-19(18)26-15-14-25-17-8-3-2-4-9-17/h2-6,8-11,22H,7,12-16H2,1H3,(H,21,23). The molecule has 0 aromatic heterocycles. The Morgan fingerprint density at radius 1 is 0.923 bits per heavy atom. The van der Waals surface area contributed by atoms with E-state index < -0.39 is 0 Å². The highest BCUT2D eigenvalue weighted by Gasteiger charge is 2.05. The molecule has 2 rings (SSSR count). The Kier molecular flexibility index (Phi) is 8.86. The minimum atomic E-state index is -0.0664. The minimum absolute atomic E-state index is 0.0664. The van der Waals surface area contributed by atoms with Crippen LogP contribution in [0.2, 0.25) is 0 Å². The topological polar surface area (TPSA) is 68.8 Å². The van der Waals surface area contributed by atoms with E-state index in [1.165, 1.54) is 0 Å². The molecule has 0 atom stereocenters. The largest absolute Gasteiger partial charge is 0.490 e. The van der Waals surface area contributed by atoms with Crippen molar-refractivity contribution in [2.24, 2.45) is 0 Å². The van der Waals surface area contributed by atoms with Gasteiger partial charge in [0.15, 0.2) is 0 Å². The summed E-state index contributed by atoms with van der Waals surface area (Å²) in [5.41, 5.74) is 0.777. The molecule has 0 heterocycles. The second-order valence-corrected chi connectivity index (χ2v) is 5.56. The van der Waals surface area contributed by atoms with E-state index in [2.05, 4.69) is 10.6 Å². The fourth-order valence-electron chi connectivity index (χ4n) is 2.25. The van der Waals surface area contributed by atoms with Crippen molar-refractivity contribution in [3.63, 3.8) is 0 Å². The predicted molar refractivity (Wildman–Crippen MR) is 102 cm³/mol. The molecular formula is C20H26N2O4. The van der Waals surface area contributed by atoms with Gasteiger partial charge in [-0.1, -0.05) is 30.3 Å². The number of methoxy groups -OCH3 is 1. The van der Waals surface area contributed by atoms with Crippen molar-refractivity contribution in [3.8, 4) is 11.5 Å². The maximum Gasteiger partial charge on any atom is 0.239 e. The minimum Gasteiger partial charge on any atom is -0.490 e. The first-order valence-electron chi connectivity index (χ1n) is 8.69. The Bertz CT molecular complexity index is 649. The van der Waals surface area contributed by atoms with E-state index in [9.17, 15) is 4.79 Å². The normalized spacial score (nSPS) is 10.2. The summed E-state index contributed by atoms with van der Waals surface area (Å²) < 4.78 is 16.3. The number of nitrogens with one attached hydrogen (secondary N) is 2. The molecule has 0 fully saturated rings. The molecule has 2 aromatic carbocycles. The first-order valence-corrected chi connectivity index (χ1v) is 8.69. The highest BCUT2D eigenvalue weighted by atomic mass is 16.5. The van der Waals surface area contributed by atoms with Gasteiger partial charge in [0, 0.05) is 20.3 Å². The quantitative estimate of drug-likeness (QED) is 0.571. The van der Waals surface area contributed by atoms with Crippen molar-refractivity contribution in [2.75, 3.05) is 45.3 Å². The van der Waals surface area contributed by atoms with Crippen LogP contribution in [0.3, 0.4) is 0 Å². The molecule has 0 aliphatic carbocycles. The van der Waals surface area contributed by atoms with Crippen molar-refractivity contribution in [1.82, 2.24) is 5.32 Å². The number of carbonyl (C=O) groups excluding carboxylic acids is 1. The Labute approximate surface area is 154 Å². The highest BCUT2D eigenvalue weighted by molar-refractivity contribution is 5.81. The van der Waals surface area contributed by atoms with Gasteiger partial charge in [0.2, 0.25) is 5.91 Å². The fourth-order valence-corrected chi connectivity index (χ4v) is 2.25. The molecule has 6 heteroatoms. The van der Waals surface area contributed by atoms with Crippen LogP contribution in [0.4, 0.5) is 5.69 Å². The van der Waals surface area contributed by atoms with Crippen LogP contribution in [-0.4, -0.2) is 45.9 Å². The molecule has 2 N–H and O–H groups in total. The van der Waals surface area contributed by atoms with Crippen LogP contribution >= 0.6 is 0 Å². The summed E-state index contributed by atoms with van der Waals surface area (Å²) in [4.78, 5) is 11.8. The maximum absolute atomic E-state index is 11.8. The van der Waals surface area contributed by atoms with E-state index in [1.807, 2.05) is 54.6 Å². The van der Waals surface area contributed by atoms with Gasteiger partial charge in [0.1, 0.15) is 24.7 Å². The van der Waals surface area contributed by atoms with Gasteiger partial charge in [-0.3, -0.25) is 4.79 Å². The molecule has 2 aromatic rings. The predicted octanol–water partition coefficient (Wildman–Crippen LogP) is 2.71. The van der Waals surface area contributed by atoms with Gasteiger partial charge in [0.25, 0.3) is 0 Å². The van der Waals surface area contributed by atoms with Crippen molar-refractivity contribution in [1.29, 1.82) is 0 Å². The average Bonchev–Trinajstić information content (AvgIpc) is 2.68. The number of benzene rings is 2. The third-order valence-corrected chi connectivity index (χ3v) is 3.53. The van der Waals surface area contributed by atoms with Gasteiger partial charge >= 0.3 is 0 Å². The molecule has 0 bridgehead atoms. The van der Waals surface area contributed by atoms with Gasteiger partial charge in [-0.25, -0.2) is 0 Å². The number of amides is 1. The fraction of sp³-hybridized carbons (Fsp3) is 0.350. The van der Waals surface area contributed by atoms with Crippen LogP contribution in [-0.2, 0) is 9.53 Å². The number of hydrogen-bond donors (Lipinski definition) is 2. The summed E-state index contributed by atoms with van der Waals surface area (Å²) in [7, 11) is 1.64. The second kappa shape index (κ2) is 11.8. The van der Waals surface area contributed by atoms with E-state index in [4.69, 9.17) is 14.2 Å². The summed E-state index contributed by atoms with van der Waals surface area (Å²) >= 11 is 0. The summed E-state index contributed by atoms with van der Waals surface area (Å²) in [5.74, 6) is 1.44. The zero-order valence-corrected chi connectivity index (χ0v) is 15.1. The van der Waals surface area contributed by atoms with Crippen LogP contribution < -0.4 is 20.1 Å². The number of anilines is 1. The second-order valence-electron chi connectivity index (χ2n) is 5.56. The Balaban J connectivity index is 1.72. The smallest absolute Gasteiger partial charge is 0.239 e. The van der Waals surface area contributed by atoms with Gasteiger partial charge in [-0.2, -0.15) is 0 Å². The third kappa shape index (κ3) is 7.44. The van der Waals surface area contributed by atoms with Gasteiger partial charge in [-0.15, -0.1) is 0 Å². The SMILES string of the molecule is COCCCNC(=O)CNc1ccccc1OCCOc1ccccc1. The van der Waals surface area contributed by atoms with Gasteiger partial charge in [-0.05, 0) is 30.7 Å². The van der Waals surface area contributed by atoms with Crippen LogP contribution in [0.15, 0.2) is 54.6 Å². The van der Waals surface area contributed by atoms with E-state index in [0.717, 1.165) is 17.9 Å². The van der Waals surface area contributed by atoms with Crippen LogP contribution in [0.5, 0.6) is 11.5 Å². The summed E-state index contributed by atoms with van der Waals surface area (Å²) in [6.45, 7) is 2.28. The first kappa shape index (κ1) is 19.6. The molecule has 1 amide bonds. The van der Waals surface area contributed by atoms with Crippen molar-refractivity contribution >= 4 is 11.6 Å². The van der Waals surface area contributed by atoms with E-state index in [-0.39, 0.29) is 12.5 Å². The molecular weight excluding hydrogens is 332 g/mol. The molecule has 0 radical (unpaired) electrons. The lowest BCUT2D eigenvalue weighted by atomic mass is 10.3. The Morgan fingerprint density at radius 2 is 1.65 bits per heavy atom. The van der Waals surface area contributed by atoms with E-state index in [0.29, 0.717) is 32.1 Å². The third-order valence-electron chi connectivity index (χ3n) is 3.53. The van der Waals surface area contributed by atoms with Crippen LogP contribution in [0, 0.1) is 0 Å². The molecule has 0 spiro atoms.